The van der Waals surface area contributed by atoms with Gasteiger partial charge >= 0.3 is 0 Å². The summed E-state index contributed by atoms with van der Waals surface area (Å²) >= 11 is 0. The molecule has 20 heavy (non-hydrogen) atoms. The second kappa shape index (κ2) is 4.77. The Bertz CT molecular complexity index is 840. The maximum absolute atomic E-state index is 11.6. The summed E-state index contributed by atoms with van der Waals surface area (Å²) in [6.45, 7) is 2.00. The number of benzene rings is 1. The van der Waals surface area contributed by atoms with E-state index < -0.39 is 0 Å². The number of hydrogen-bond acceptors (Lipinski definition) is 4. The van der Waals surface area contributed by atoms with Crippen molar-refractivity contribution < 1.29 is 4.74 Å². The predicted molar refractivity (Wildman–Crippen MR) is 76.9 cm³/mol. The molecule has 0 amide bonds. The summed E-state index contributed by atoms with van der Waals surface area (Å²) in [6, 6.07) is 9.47. The van der Waals surface area contributed by atoms with E-state index in [1.165, 1.54) is 0 Å². The van der Waals surface area contributed by atoms with Crippen molar-refractivity contribution >= 4 is 10.9 Å². The van der Waals surface area contributed by atoms with E-state index in [9.17, 15) is 4.79 Å². The van der Waals surface area contributed by atoms with Gasteiger partial charge in [0.1, 0.15) is 5.75 Å². The molecular weight excluding hydrogens is 254 g/mol. The van der Waals surface area contributed by atoms with Crippen molar-refractivity contribution in [3.8, 4) is 17.0 Å². The Labute approximate surface area is 115 Å². The number of H-pyrrole nitrogens is 1. The molecule has 0 radical (unpaired) electrons. The van der Waals surface area contributed by atoms with Crippen LogP contribution in [0.2, 0.25) is 0 Å². The summed E-state index contributed by atoms with van der Waals surface area (Å²) in [6.07, 6.45) is 1.54. The van der Waals surface area contributed by atoms with Crippen LogP contribution in [-0.2, 0) is 0 Å². The summed E-state index contributed by atoms with van der Waals surface area (Å²) in [5.41, 5.74) is 3.08. The van der Waals surface area contributed by atoms with Crippen molar-refractivity contribution in [2.45, 2.75) is 6.92 Å². The van der Waals surface area contributed by atoms with E-state index in [-0.39, 0.29) is 5.56 Å². The molecule has 0 fully saturated rings. The molecule has 2 heterocycles. The fraction of sp³-hybridized carbons (Fsp3) is 0.133. The predicted octanol–water partition coefficient (Wildman–Crippen LogP) is 2.30. The number of nitrogens with zero attached hydrogens (tertiary/aromatic N) is 2. The van der Waals surface area contributed by atoms with Gasteiger partial charge in [0.2, 0.25) is 0 Å². The summed E-state index contributed by atoms with van der Waals surface area (Å²) < 4.78 is 5.39. The molecule has 0 aliphatic heterocycles. The lowest BCUT2D eigenvalue weighted by Gasteiger charge is -2.09. The van der Waals surface area contributed by atoms with Gasteiger partial charge in [0, 0.05) is 5.56 Å². The highest BCUT2D eigenvalue weighted by atomic mass is 16.5. The first-order chi connectivity index (χ1) is 9.69. The number of ether oxygens (including phenoxy) is 1. The summed E-state index contributed by atoms with van der Waals surface area (Å²) in [5.74, 6) is 0.759. The van der Waals surface area contributed by atoms with Gasteiger partial charge in [-0.25, -0.2) is 10.1 Å². The van der Waals surface area contributed by atoms with Gasteiger partial charge in [-0.2, -0.15) is 5.10 Å². The number of pyridine rings is 1. The third-order valence-electron chi connectivity index (χ3n) is 3.16. The van der Waals surface area contributed by atoms with Crippen molar-refractivity contribution in [1.29, 1.82) is 0 Å². The molecule has 0 atom stereocenters. The first-order valence-corrected chi connectivity index (χ1v) is 6.18. The monoisotopic (exact) mass is 267 g/mol. The Morgan fingerprint density at radius 3 is 2.85 bits per heavy atom. The minimum Gasteiger partial charge on any atom is -0.496 e. The molecule has 0 spiro atoms. The smallest absolute Gasteiger partial charge is 0.273 e. The van der Waals surface area contributed by atoms with E-state index in [1.54, 1.807) is 19.4 Å². The SMILES string of the molecule is COc1cc(C)ccc1-c1ccc2c(=O)[nH]ncc2n1. The number of rotatable bonds is 2. The Balaban J connectivity index is 2.22. The maximum atomic E-state index is 11.6. The molecule has 5 heteroatoms. The summed E-state index contributed by atoms with van der Waals surface area (Å²) in [4.78, 5) is 16.1. The Kier molecular flexibility index (Phi) is 2.95. The maximum Gasteiger partial charge on any atom is 0.273 e. The number of fused-ring (bicyclic) bond motifs is 1. The van der Waals surface area contributed by atoms with Gasteiger partial charge in [0.05, 0.1) is 29.9 Å². The van der Waals surface area contributed by atoms with Gasteiger partial charge in [-0.15, -0.1) is 0 Å². The highest BCUT2D eigenvalue weighted by Gasteiger charge is 2.09. The average molecular weight is 267 g/mol. The van der Waals surface area contributed by atoms with E-state index in [0.717, 1.165) is 22.6 Å². The summed E-state index contributed by atoms with van der Waals surface area (Å²) in [7, 11) is 1.63. The zero-order chi connectivity index (χ0) is 14.1. The van der Waals surface area contributed by atoms with Crippen LogP contribution in [0.4, 0.5) is 0 Å². The summed E-state index contributed by atoms with van der Waals surface area (Å²) in [5, 5.41) is 6.69. The van der Waals surface area contributed by atoms with Crippen LogP contribution < -0.4 is 10.3 Å². The number of methoxy groups -OCH3 is 1. The van der Waals surface area contributed by atoms with Crippen molar-refractivity contribution in [2.75, 3.05) is 7.11 Å². The third-order valence-corrected chi connectivity index (χ3v) is 3.16. The van der Waals surface area contributed by atoms with Crippen molar-refractivity contribution in [3.05, 3.63) is 52.4 Å². The normalized spacial score (nSPS) is 10.7. The van der Waals surface area contributed by atoms with Crippen molar-refractivity contribution in [2.24, 2.45) is 0 Å². The number of aromatic amines is 1. The quantitative estimate of drug-likeness (QED) is 0.773. The molecule has 3 aromatic rings. The van der Waals surface area contributed by atoms with E-state index >= 15 is 0 Å². The molecule has 0 bridgehead atoms. The minimum atomic E-state index is -0.238. The van der Waals surface area contributed by atoms with Crippen LogP contribution in [0.1, 0.15) is 5.56 Å². The topological polar surface area (TPSA) is 67.9 Å². The van der Waals surface area contributed by atoms with Crippen LogP contribution >= 0.6 is 0 Å². The van der Waals surface area contributed by atoms with Gasteiger partial charge in [0.15, 0.2) is 0 Å². The van der Waals surface area contributed by atoms with Gasteiger partial charge in [0.25, 0.3) is 5.56 Å². The molecule has 0 saturated carbocycles. The van der Waals surface area contributed by atoms with Gasteiger partial charge in [-0.1, -0.05) is 6.07 Å². The molecule has 5 nitrogen and oxygen atoms in total. The van der Waals surface area contributed by atoms with E-state index in [1.807, 2.05) is 31.2 Å². The van der Waals surface area contributed by atoms with Gasteiger partial charge in [-0.3, -0.25) is 4.79 Å². The second-order valence-electron chi connectivity index (χ2n) is 4.53. The lowest BCUT2D eigenvalue weighted by Crippen LogP contribution is -2.08. The second-order valence-corrected chi connectivity index (χ2v) is 4.53. The molecule has 2 aromatic heterocycles. The number of aryl methyl sites for hydroxylation is 1. The van der Waals surface area contributed by atoms with Gasteiger partial charge in [-0.05, 0) is 36.8 Å². The van der Waals surface area contributed by atoms with E-state index in [0.29, 0.717) is 10.9 Å². The molecule has 0 aliphatic rings. The largest absolute Gasteiger partial charge is 0.496 e. The lowest BCUT2D eigenvalue weighted by atomic mass is 10.1. The fourth-order valence-electron chi connectivity index (χ4n) is 2.14. The van der Waals surface area contributed by atoms with Crippen LogP contribution in [0.15, 0.2) is 41.3 Å². The van der Waals surface area contributed by atoms with Crippen LogP contribution in [0, 0.1) is 6.92 Å². The van der Waals surface area contributed by atoms with E-state index in [4.69, 9.17) is 4.74 Å². The number of hydrogen-bond donors (Lipinski definition) is 1. The van der Waals surface area contributed by atoms with Crippen LogP contribution in [0.5, 0.6) is 5.75 Å². The van der Waals surface area contributed by atoms with Crippen molar-refractivity contribution in [3.63, 3.8) is 0 Å². The number of aromatic nitrogens is 3. The Morgan fingerprint density at radius 2 is 2.05 bits per heavy atom. The Hall–Kier alpha value is -2.69. The molecule has 0 saturated heterocycles. The third kappa shape index (κ3) is 2.03. The Morgan fingerprint density at radius 1 is 1.20 bits per heavy atom. The zero-order valence-corrected chi connectivity index (χ0v) is 11.2. The number of nitrogens with one attached hydrogen (secondary N) is 1. The first-order valence-electron chi connectivity index (χ1n) is 6.18. The van der Waals surface area contributed by atoms with Crippen LogP contribution in [-0.4, -0.2) is 22.3 Å². The molecule has 1 aromatic carbocycles. The fourth-order valence-corrected chi connectivity index (χ4v) is 2.14. The standard InChI is InChI=1S/C15H13N3O2/c1-9-3-4-10(14(7-9)20-2)12-6-5-11-13(17-12)8-16-18-15(11)19/h3-8H,1-2H3,(H,18,19). The molecule has 0 unspecified atom stereocenters. The minimum absolute atomic E-state index is 0.238. The molecule has 1 N–H and O–H groups in total. The van der Waals surface area contributed by atoms with Crippen molar-refractivity contribution in [1.82, 2.24) is 15.2 Å². The lowest BCUT2D eigenvalue weighted by molar-refractivity contribution is 0.416. The highest BCUT2D eigenvalue weighted by molar-refractivity contribution is 5.81. The van der Waals surface area contributed by atoms with Crippen LogP contribution in [0.25, 0.3) is 22.2 Å². The van der Waals surface area contributed by atoms with E-state index in [2.05, 4.69) is 15.2 Å². The molecule has 0 aliphatic carbocycles. The van der Waals surface area contributed by atoms with Crippen LogP contribution in [0.3, 0.4) is 0 Å². The molecule has 3 rings (SSSR count). The molecular formula is C15H13N3O2. The first kappa shape index (κ1) is 12.3. The van der Waals surface area contributed by atoms with Gasteiger partial charge < -0.3 is 4.74 Å². The average Bonchev–Trinajstić information content (AvgIpc) is 2.47. The highest BCUT2D eigenvalue weighted by Crippen LogP contribution is 2.30. The molecule has 100 valence electrons. The zero-order valence-electron chi connectivity index (χ0n) is 11.2.